The van der Waals surface area contributed by atoms with Crippen molar-refractivity contribution in [2.45, 2.75) is 19.8 Å². The molecule has 0 rings (SSSR count). The highest BCUT2D eigenvalue weighted by molar-refractivity contribution is 6.29. The summed E-state index contributed by atoms with van der Waals surface area (Å²) >= 11 is 5.48. The van der Waals surface area contributed by atoms with Gasteiger partial charge in [0.2, 0.25) is 5.91 Å². The standard InChI is InChI=1S/C9H17ClN2O/c1-7(5-11)3-4-9(13)12-6-8(2)10/h7H,2-6,11H2,1H3,(H,12,13). The van der Waals surface area contributed by atoms with Gasteiger partial charge in [0.25, 0.3) is 0 Å². The van der Waals surface area contributed by atoms with Crippen LogP contribution in [-0.4, -0.2) is 19.0 Å². The number of rotatable bonds is 6. The Labute approximate surface area is 84.3 Å². The highest BCUT2D eigenvalue weighted by atomic mass is 35.5. The van der Waals surface area contributed by atoms with E-state index in [2.05, 4.69) is 11.9 Å². The molecule has 0 radical (unpaired) electrons. The van der Waals surface area contributed by atoms with Crippen LogP contribution in [0.15, 0.2) is 11.6 Å². The molecule has 0 bridgehead atoms. The van der Waals surface area contributed by atoms with Gasteiger partial charge in [-0.3, -0.25) is 4.79 Å². The van der Waals surface area contributed by atoms with E-state index in [9.17, 15) is 4.79 Å². The molecule has 0 saturated carbocycles. The molecule has 76 valence electrons. The van der Waals surface area contributed by atoms with Crippen molar-refractivity contribution < 1.29 is 4.79 Å². The molecule has 0 spiro atoms. The van der Waals surface area contributed by atoms with E-state index in [-0.39, 0.29) is 5.91 Å². The third kappa shape index (κ3) is 7.81. The first-order chi connectivity index (χ1) is 6.06. The van der Waals surface area contributed by atoms with E-state index in [1.165, 1.54) is 0 Å². The molecule has 13 heavy (non-hydrogen) atoms. The largest absolute Gasteiger partial charge is 0.351 e. The Kier molecular flexibility index (Phi) is 6.63. The second-order valence-electron chi connectivity index (χ2n) is 3.17. The molecular formula is C9H17ClN2O. The molecule has 0 aliphatic carbocycles. The van der Waals surface area contributed by atoms with Gasteiger partial charge < -0.3 is 11.1 Å². The fourth-order valence-corrected chi connectivity index (χ4v) is 0.845. The minimum atomic E-state index is 0.00194. The Morgan fingerprint density at radius 2 is 2.31 bits per heavy atom. The summed E-state index contributed by atoms with van der Waals surface area (Å²) in [7, 11) is 0. The molecule has 4 heteroatoms. The number of hydrogen-bond acceptors (Lipinski definition) is 2. The lowest BCUT2D eigenvalue weighted by Gasteiger charge is -2.07. The molecule has 3 N–H and O–H groups in total. The SMILES string of the molecule is C=C(Cl)CNC(=O)CCC(C)CN. The summed E-state index contributed by atoms with van der Waals surface area (Å²) < 4.78 is 0. The second kappa shape index (κ2) is 6.92. The monoisotopic (exact) mass is 204 g/mol. The van der Waals surface area contributed by atoms with E-state index in [1.54, 1.807) is 0 Å². The van der Waals surface area contributed by atoms with Crippen LogP contribution in [0, 0.1) is 5.92 Å². The Balaban J connectivity index is 3.46. The molecule has 1 amide bonds. The summed E-state index contributed by atoms with van der Waals surface area (Å²) in [6.07, 6.45) is 1.32. The van der Waals surface area contributed by atoms with Crippen LogP contribution in [0.5, 0.6) is 0 Å². The molecule has 3 nitrogen and oxygen atoms in total. The van der Waals surface area contributed by atoms with Crippen molar-refractivity contribution in [2.75, 3.05) is 13.1 Å². The van der Waals surface area contributed by atoms with Crippen LogP contribution in [0.4, 0.5) is 0 Å². The maximum atomic E-state index is 11.1. The molecule has 0 fully saturated rings. The first-order valence-electron chi connectivity index (χ1n) is 4.36. The van der Waals surface area contributed by atoms with Gasteiger partial charge in [0.1, 0.15) is 0 Å². The fourth-order valence-electron chi connectivity index (χ4n) is 0.778. The third-order valence-corrected chi connectivity index (χ3v) is 1.88. The Morgan fingerprint density at radius 1 is 1.69 bits per heavy atom. The van der Waals surface area contributed by atoms with Gasteiger partial charge in [-0.25, -0.2) is 0 Å². The van der Waals surface area contributed by atoms with E-state index in [1.807, 2.05) is 6.92 Å². The van der Waals surface area contributed by atoms with Crippen molar-refractivity contribution in [3.05, 3.63) is 11.6 Å². The van der Waals surface area contributed by atoms with Crippen LogP contribution in [0.3, 0.4) is 0 Å². The van der Waals surface area contributed by atoms with Crippen LogP contribution < -0.4 is 11.1 Å². The van der Waals surface area contributed by atoms with Crippen molar-refractivity contribution in [1.29, 1.82) is 0 Å². The topological polar surface area (TPSA) is 55.1 Å². The van der Waals surface area contributed by atoms with E-state index in [0.717, 1.165) is 6.42 Å². The number of nitrogens with two attached hydrogens (primary N) is 1. The maximum absolute atomic E-state index is 11.1. The Bertz CT molecular complexity index is 182. The molecule has 0 aromatic heterocycles. The quantitative estimate of drug-likeness (QED) is 0.684. The molecule has 0 heterocycles. The average molecular weight is 205 g/mol. The molecule has 0 aliphatic rings. The Hall–Kier alpha value is -0.540. The predicted octanol–water partition coefficient (Wildman–Crippen LogP) is 1.23. The number of hydrogen-bond donors (Lipinski definition) is 2. The number of carbonyl (C=O) groups excluding carboxylic acids is 1. The fraction of sp³-hybridized carbons (Fsp3) is 0.667. The lowest BCUT2D eigenvalue weighted by molar-refractivity contribution is -0.121. The number of halogens is 1. The van der Waals surface area contributed by atoms with Crippen LogP contribution >= 0.6 is 11.6 Å². The predicted molar refractivity (Wildman–Crippen MR) is 55.5 cm³/mol. The van der Waals surface area contributed by atoms with E-state index in [0.29, 0.717) is 30.5 Å². The first kappa shape index (κ1) is 12.5. The van der Waals surface area contributed by atoms with Gasteiger partial charge in [-0.05, 0) is 18.9 Å². The zero-order valence-corrected chi connectivity index (χ0v) is 8.73. The maximum Gasteiger partial charge on any atom is 0.220 e. The van der Waals surface area contributed by atoms with Gasteiger partial charge in [-0.2, -0.15) is 0 Å². The molecule has 0 saturated heterocycles. The molecule has 1 unspecified atom stereocenters. The van der Waals surface area contributed by atoms with E-state index >= 15 is 0 Å². The summed E-state index contributed by atoms with van der Waals surface area (Å²) in [5, 5.41) is 3.09. The van der Waals surface area contributed by atoms with Crippen LogP contribution in [0.2, 0.25) is 0 Å². The van der Waals surface area contributed by atoms with Crippen molar-refractivity contribution in [3.63, 3.8) is 0 Å². The van der Waals surface area contributed by atoms with Crippen molar-refractivity contribution in [1.82, 2.24) is 5.32 Å². The average Bonchev–Trinajstić information content (AvgIpc) is 2.10. The summed E-state index contributed by atoms with van der Waals surface area (Å²) in [6.45, 7) is 6.46. The van der Waals surface area contributed by atoms with Crippen molar-refractivity contribution in [2.24, 2.45) is 11.7 Å². The van der Waals surface area contributed by atoms with Gasteiger partial charge in [-0.1, -0.05) is 25.1 Å². The summed E-state index contributed by atoms with van der Waals surface area (Å²) in [6, 6.07) is 0. The molecule has 1 atom stereocenters. The Morgan fingerprint density at radius 3 is 2.77 bits per heavy atom. The van der Waals surface area contributed by atoms with Gasteiger partial charge >= 0.3 is 0 Å². The highest BCUT2D eigenvalue weighted by Crippen LogP contribution is 2.02. The minimum absolute atomic E-state index is 0.00194. The molecular weight excluding hydrogens is 188 g/mol. The molecule has 0 aliphatic heterocycles. The molecule has 0 aromatic carbocycles. The van der Waals surface area contributed by atoms with Crippen LogP contribution in [0.1, 0.15) is 19.8 Å². The summed E-state index contributed by atoms with van der Waals surface area (Å²) in [5.74, 6) is 0.395. The van der Waals surface area contributed by atoms with Crippen molar-refractivity contribution in [3.8, 4) is 0 Å². The van der Waals surface area contributed by atoms with E-state index < -0.39 is 0 Å². The minimum Gasteiger partial charge on any atom is -0.351 e. The number of carbonyl (C=O) groups is 1. The third-order valence-electron chi connectivity index (χ3n) is 1.74. The zero-order chi connectivity index (χ0) is 10.3. The lowest BCUT2D eigenvalue weighted by Crippen LogP contribution is -2.25. The van der Waals surface area contributed by atoms with Crippen molar-refractivity contribution >= 4 is 17.5 Å². The molecule has 0 aromatic rings. The lowest BCUT2D eigenvalue weighted by atomic mass is 10.1. The van der Waals surface area contributed by atoms with Gasteiger partial charge in [0.05, 0.1) is 6.54 Å². The number of nitrogens with one attached hydrogen (secondary N) is 1. The summed E-state index contributed by atoms with van der Waals surface area (Å²) in [4.78, 5) is 11.1. The second-order valence-corrected chi connectivity index (χ2v) is 3.71. The highest BCUT2D eigenvalue weighted by Gasteiger charge is 2.04. The normalized spacial score (nSPS) is 12.2. The van der Waals surface area contributed by atoms with Crippen LogP contribution in [-0.2, 0) is 4.79 Å². The van der Waals surface area contributed by atoms with Crippen LogP contribution in [0.25, 0.3) is 0 Å². The van der Waals surface area contributed by atoms with Gasteiger partial charge in [0, 0.05) is 11.5 Å². The zero-order valence-electron chi connectivity index (χ0n) is 7.98. The van der Waals surface area contributed by atoms with Gasteiger partial charge in [-0.15, -0.1) is 0 Å². The summed E-state index contributed by atoms with van der Waals surface area (Å²) in [5.41, 5.74) is 5.41. The first-order valence-corrected chi connectivity index (χ1v) is 4.74. The smallest absolute Gasteiger partial charge is 0.220 e. The van der Waals surface area contributed by atoms with Gasteiger partial charge in [0.15, 0.2) is 0 Å². The number of amides is 1. The van der Waals surface area contributed by atoms with E-state index in [4.69, 9.17) is 17.3 Å².